The molecule has 1 aliphatic rings. The molecule has 1 aromatic carbocycles. The maximum atomic E-state index is 11.1. The van der Waals surface area contributed by atoms with Crippen LogP contribution in [-0.4, -0.2) is 28.2 Å². The van der Waals surface area contributed by atoms with E-state index in [4.69, 9.17) is 14.0 Å². The van der Waals surface area contributed by atoms with Gasteiger partial charge in [-0.15, -0.1) is 0 Å². The van der Waals surface area contributed by atoms with Crippen LogP contribution in [0, 0.1) is 20.2 Å². The zero-order valence-electron chi connectivity index (χ0n) is 9.85. The number of ether oxygens (including phenoxy) is 2. The zero-order chi connectivity index (χ0) is 14.3. The first-order valence-electron chi connectivity index (χ1n) is 5.53. The molecule has 0 atom stereocenters. The Balaban J connectivity index is 2.24. The van der Waals surface area contributed by atoms with Gasteiger partial charge in [-0.1, -0.05) is 5.16 Å². The number of nitrogens with zero attached hydrogens (tertiary/aromatic N) is 3. The first-order chi connectivity index (χ1) is 9.58. The standard InChI is InChI=1S/C10H7N3O7/c14-12(15)5-3-6(13(16)17)8-7(4-5)20-11-9(8)10-18-1-2-19-10/h3-4,10H,1-2H2. The Morgan fingerprint density at radius 3 is 2.45 bits per heavy atom. The summed E-state index contributed by atoms with van der Waals surface area (Å²) in [5.74, 6) is 0. The minimum absolute atomic E-state index is 0.0486. The van der Waals surface area contributed by atoms with E-state index >= 15 is 0 Å². The van der Waals surface area contributed by atoms with Crippen LogP contribution in [-0.2, 0) is 9.47 Å². The third-order valence-electron chi connectivity index (χ3n) is 2.82. The molecular weight excluding hydrogens is 274 g/mol. The van der Waals surface area contributed by atoms with Gasteiger partial charge in [0.1, 0.15) is 5.39 Å². The number of aromatic nitrogens is 1. The lowest BCUT2D eigenvalue weighted by Gasteiger charge is -2.04. The predicted molar refractivity (Wildman–Crippen MR) is 62.0 cm³/mol. The van der Waals surface area contributed by atoms with Crippen LogP contribution in [0.3, 0.4) is 0 Å². The van der Waals surface area contributed by atoms with Crippen molar-refractivity contribution in [3.8, 4) is 0 Å². The van der Waals surface area contributed by atoms with Crippen molar-refractivity contribution >= 4 is 22.3 Å². The summed E-state index contributed by atoms with van der Waals surface area (Å²) in [6.07, 6.45) is -0.864. The number of fused-ring (bicyclic) bond motifs is 1. The third kappa shape index (κ3) is 1.87. The Labute approximate surface area is 110 Å². The molecule has 0 bridgehead atoms. The second-order valence-corrected chi connectivity index (χ2v) is 3.99. The quantitative estimate of drug-likeness (QED) is 0.613. The Morgan fingerprint density at radius 1 is 1.15 bits per heavy atom. The van der Waals surface area contributed by atoms with Gasteiger partial charge in [0, 0.05) is 0 Å². The molecule has 1 aliphatic heterocycles. The van der Waals surface area contributed by atoms with E-state index in [1.165, 1.54) is 0 Å². The lowest BCUT2D eigenvalue weighted by atomic mass is 10.1. The van der Waals surface area contributed by atoms with Crippen LogP contribution in [0.2, 0.25) is 0 Å². The van der Waals surface area contributed by atoms with Crippen molar-refractivity contribution in [2.24, 2.45) is 0 Å². The SMILES string of the molecule is O=[N+]([O-])c1cc([N+](=O)[O-])c2c(C3OCCO3)noc2c1. The topological polar surface area (TPSA) is 131 Å². The van der Waals surface area contributed by atoms with Gasteiger partial charge >= 0.3 is 0 Å². The van der Waals surface area contributed by atoms with Gasteiger partial charge in [-0.2, -0.15) is 0 Å². The number of hydrogen-bond donors (Lipinski definition) is 0. The Hall–Kier alpha value is -2.59. The molecule has 0 N–H and O–H groups in total. The van der Waals surface area contributed by atoms with Crippen LogP contribution in [0.15, 0.2) is 16.7 Å². The highest BCUT2D eigenvalue weighted by Gasteiger charge is 2.31. The lowest BCUT2D eigenvalue weighted by molar-refractivity contribution is -0.393. The molecule has 10 nitrogen and oxygen atoms in total. The largest absolute Gasteiger partial charge is 0.355 e. The lowest BCUT2D eigenvalue weighted by Crippen LogP contribution is -2.01. The number of nitro benzene ring substituents is 2. The molecule has 10 heteroatoms. The number of non-ortho nitro benzene ring substituents is 2. The van der Waals surface area contributed by atoms with Crippen molar-refractivity contribution in [3.05, 3.63) is 38.1 Å². The summed E-state index contributed by atoms with van der Waals surface area (Å²) in [6, 6.07) is 1.94. The molecule has 0 aliphatic carbocycles. The van der Waals surface area contributed by atoms with Crippen LogP contribution < -0.4 is 0 Å². The smallest absolute Gasteiger partial charge is 0.289 e. The predicted octanol–water partition coefficient (Wildman–Crippen LogP) is 1.69. The van der Waals surface area contributed by atoms with Crippen LogP contribution >= 0.6 is 0 Å². The van der Waals surface area contributed by atoms with E-state index in [1.807, 2.05) is 0 Å². The summed E-state index contributed by atoms with van der Waals surface area (Å²) >= 11 is 0. The van der Waals surface area contributed by atoms with Crippen molar-refractivity contribution in [1.29, 1.82) is 0 Å². The van der Waals surface area contributed by atoms with Gasteiger partial charge in [-0.05, 0) is 0 Å². The van der Waals surface area contributed by atoms with Crippen molar-refractivity contribution < 1.29 is 23.8 Å². The number of nitro groups is 2. The monoisotopic (exact) mass is 281 g/mol. The van der Waals surface area contributed by atoms with Crippen LogP contribution in [0.25, 0.3) is 11.0 Å². The van der Waals surface area contributed by atoms with Gasteiger partial charge in [0.15, 0.2) is 11.3 Å². The summed E-state index contributed by atoms with van der Waals surface area (Å²) in [4.78, 5) is 20.4. The first kappa shape index (κ1) is 12.4. The maximum absolute atomic E-state index is 11.1. The summed E-state index contributed by atoms with van der Waals surface area (Å²) < 4.78 is 15.4. The molecule has 0 saturated carbocycles. The molecule has 0 unspecified atom stereocenters. The van der Waals surface area contributed by atoms with Crippen LogP contribution in [0.5, 0.6) is 0 Å². The fourth-order valence-corrected chi connectivity index (χ4v) is 1.99. The molecule has 1 aromatic heterocycles. The van der Waals surface area contributed by atoms with Crippen molar-refractivity contribution in [2.75, 3.05) is 13.2 Å². The van der Waals surface area contributed by atoms with E-state index < -0.39 is 27.5 Å². The summed E-state index contributed by atoms with van der Waals surface area (Å²) in [6.45, 7) is 0.666. The number of benzene rings is 1. The highest BCUT2D eigenvalue weighted by Crippen LogP contribution is 2.37. The summed E-state index contributed by atoms with van der Waals surface area (Å²) in [5, 5.41) is 25.6. The molecular formula is C10H7N3O7. The zero-order valence-corrected chi connectivity index (χ0v) is 9.85. The normalized spacial score (nSPS) is 15.8. The molecule has 104 valence electrons. The van der Waals surface area contributed by atoms with Crippen LogP contribution in [0.4, 0.5) is 11.4 Å². The van der Waals surface area contributed by atoms with E-state index in [2.05, 4.69) is 5.16 Å². The third-order valence-corrected chi connectivity index (χ3v) is 2.82. The number of rotatable bonds is 3. The molecule has 3 rings (SSSR count). The van der Waals surface area contributed by atoms with Crippen molar-refractivity contribution in [2.45, 2.75) is 6.29 Å². The van der Waals surface area contributed by atoms with Gasteiger partial charge in [0.25, 0.3) is 11.4 Å². The maximum Gasteiger partial charge on any atom is 0.289 e. The van der Waals surface area contributed by atoms with E-state index in [1.54, 1.807) is 0 Å². The molecule has 1 saturated heterocycles. The summed E-state index contributed by atoms with van der Waals surface area (Å²) in [7, 11) is 0. The minimum Gasteiger partial charge on any atom is -0.355 e. The molecule has 0 amide bonds. The van der Waals surface area contributed by atoms with Gasteiger partial charge in [-0.25, -0.2) is 0 Å². The highest BCUT2D eigenvalue weighted by atomic mass is 16.7. The Morgan fingerprint density at radius 2 is 1.85 bits per heavy atom. The first-order valence-corrected chi connectivity index (χ1v) is 5.53. The Kier molecular flexibility index (Phi) is 2.80. The molecule has 2 aromatic rings. The molecule has 0 spiro atoms. The second-order valence-electron chi connectivity index (χ2n) is 3.99. The van der Waals surface area contributed by atoms with E-state index in [0.717, 1.165) is 12.1 Å². The fourth-order valence-electron chi connectivity index (χ4n) is 1.99. The molecule has 2 heterocycles. The minimum atomic E-state index is -0.864. The van der Waals surface area contributed by atoms with E-state index in [-0.39, 0.29) is 16.7 Å². The second kappa shape index (κ2) is 4.51. The van der Waals surface area contributed by atoms with E-state index in [0.29, 0.717) is 13.2 Å². The van der Waals surface area contributed by atoms with Gasteiger partial charge in [0.2, 0.25) is 6.29 Å². The molecule has 1 fully saturated rings. The van der Waals surface area contributed by atoms with Crippen molar-refractivity contribution in [3.63, 3.8) is 0 Å². The molecule has 0 radical (unpaired) electrons. The van der Waals surface area contributed by atoms with Gasteiger partial charge in [-0.3, -0.25) is 20.2 Å². The number of hydrogen-bond acceptors (Lipinski definition) is 8. The Bertz CT molecular complexity index is 704. The van der Waals surface area contributed by atoms with Crippen molar-refractivity contribution in [1.82, 2.24) is 5.16 Å². The van der Waals surface area contributed by atoms with E-state index in [9.17, 15) is 20.2 Å². The summed E-state index contributed by atoms with van der Waals surface area (Å²) in [5.41, 5.74) is -0.858. The average molecular weight is 281 g/mol. The fraction of sp³-hybridized carbons (Fsp3) is 0.300. The molecule has 20 heavy (non-hydrogen) atoms. The highest BCUT2D eigenvalue weighted by molar-refractivity contribution is 5.91. The van der Waals surface area contributed by atoms with Gasteiger partial charge in [0.05, 0.1) is 35.2 Å². The van der Waals surface area contributed by atoms with Gasteiger partial charge < -0.3 is 14.0 Å². The average Bonchev–Trinajstić information content (AvgIpc) is 3.05. The van der Waals surface area contributed by atoms with Crippen LogP contribution in [0.1, 0.15) is 12.0 Å².